The molecule has 1 aromatic rings. The van der Waals surface area contributed by atoms with Crippen molar-refractivity contribution in [1.82, 2.24) is 10.3 Å². The lowest BCUT2D eigenvalue weighted by Crippen LogP contribution is -2.30. The van der Waals surface area contributed by atoms with Crippen LogP contribution in [0.5, 0.6) is 0 Å². The van der Waals surface area contributed by atoms with Crippen LogP contribution in [0.15, 0.2) is 12.1 Å². The van der Waals surface area contributed by atoms with Gasteiger partial charge in [0.25, 0.3) is 0 Å². The maximum absolute atomic E-state index is 4.94. The van der Waals surface area contributed by atoms with Gasteiger partial charge in [0, 0.05) is 30.9 Å². The number of aromatic nitrogens is 1. The molecule has 0 aromatic carbocycles. The van der Waals surface area contributed by atoms with Gasteiger partial charge in [-0.25, -0.2) is 4.98 Å². The zero-order valence-electron chi connectivity index (χ0n) is 14.3. The number of pyridine rings is 1. The molecule has 0 saturated carbocycles. The van der Waals surface area contributed by atoms with Gasteiger partial charge in [-0.3, -0.25) is 0 Å². The van der Waals surface area contributed by atoms with Crippen LogP contribution in [0.1, 0.15) is 71.1 Å². The van der Waals surface area contributed by atoms with Gasteiger partial charge >= 0.3 is 0 Å². The van der Waals surface area contributed by atoms with Crippen LogP contribution < -0.4 is 10.2 Å². The van der Waals surface area contributed by atoms with Crippen molar-refractivity contribution in [3.8, 4) is 0 Å². The molecule has 1 fully saturated rings. The normalized spacial score (nSPS) is 19.0. The highest BCUT2D eigenvalue weighted by Crippen LogP contribution is 2.28. The summed E-state index contributed by atoms with van der Waals surface area (Å²) in [6.45, 7) is 13.2. The maximum Gasteiger partial charge on any atom is 0.129 e. The second kappa shape index (κ2) is 7.26. The molecular formula is C18H31N3. The summed E-state index contributed by atoms with van der Waals surface area (Å²) in [6.07, 6.45) is 3.82. The third-order valence-corrected chi connectivity index (χ3v) is 4.34. The fourth-order valence-electron chi connectivity index (χ4n) is 3.02. The molecule has 3 nitrogen and oxygen atoms in total. The summed E-state index contributed by atoms with van der Waals surface area (Å²) in [5.74, 6) is 1.66. The number of nitrogens with zero attached hydrogens (tertiary/aromatic N) is 2. The van der Waals surface area contributed by atoms with E-state index in [0.717, 1.165) is 13.1 Å². The predicted molar refractivity (Wildman–Crippen MR) is 91.0 cm³/mol. The predicted octanol–water partition coefficient (Wildman–Crippen LogP) is 4.08. The van der Waals surface area contributed by atoms with Crippen LogP contribution in [0, 0.1) is 0 Å². The van der Waals surface area contributed by atoms with Gasteiger partial charge < -0.3 is 10.2 Å². The molecule has 0 spiro atoms. The minimum absolute atomic E-state index is 0.477. The first-order chi connectivity index (χ1) is 10.0. The molecule has 1 aliphatic rings. The summed E-state index contributed by atoms with van der Waals surface area (Å²) in [5.41, 5.74) is 2.58. The molecule has 0 amide bonds. The highest BCUT2D eigenvalue weighted by molar-refractivity contribution is 5.45. The van der Waals surface area contributed by atoms with Crippen LogP contribution >= 0.6 is 0 Å². The van der Waals surface area contributed by atoms with Crippen molar-refractivity contribution < 1.29 is 0 Å². The molecule has 0 radical (unpaired) electrons. The molecule has 1 atom stereocenters. The maximum atomic E-state index is 4.94. The average Bonchev–Trinajstić information content (AvgIpc) is 2.93. The van der Waals surface area contributed by atoms with Crippen LogP contribution in [0.25, 0.3) is 0 Å². The molecule has 2 rings (SSSR count). The van der Waals surface area contributed by atoms with E-state index in [9.17, 15) is 0 Å². The molecule has 1 N–H and O–H groups in total. The Labute approximate surface area is 130 Å². The molecule has 2 heterocycles. The topological polar surface area (TPSA) is 28.2 Å². The van der Waals surface area contributed by atoms with Gasteiger partial charge in [-0.2, -0.15) is 0 Å². The van der Waals surface area contributed by atoms with E-state index < -0.39 is 0 Å². The Kier molecular flexibility index (Phi) is 5.63. The minimum Gasteiger partial charge on any atom is -0.354 e. The van der Waals surface area contributed by atoms with E-state index >= 15 is 0 Å². The monoisotopic (exact) mass is 289 g/mol. The van der Waals surface area contributed by atoms with Gasteiger partial charge in [-0.1, -0.05) is 34.6 Å². The number of hydrogen-bond acceptors (Lipinski definition) is 3. The summed E-state index contributed by atoms with van der Waals surface area (Å²) in [5, 5.41) is 3.52. The second-order valence-electron chi connectivity index (χ2n) is 6.85. The van der Waals surface area contributed by atoms with E-state index in [2.05, 4.69) is 57.0 Å². The van der Waals surface area contributed by atoms with E-state index in [1.165, 1.54) is 36.3 Å². The Morgan fingerprint density at radius 3 is 2.67 bits per heavy atom. The Morgan fingerprint density at radius 1 is 1.29 bits per heavy atom. The molecule has 21 heavy (non-hydrogen) atoms. The molecule has 1 unspecified atom stereocenters. The fourth-order valence-corrected chi connectivity index (χ4v) is 3.02. The van der Waals surface area contributed by atoms with E-state index in [1.54, 1.807) is 0 Å². The molecule has 0 aliphatic carbocycles. The SMILES string of the molecule is CCC1CCCN1c1cc(CNC(C)C)cc(C(C)C)n1. The van der Waals surface area contributed by atoms with Crippen LogP contribution in [0.4, 0.5) is 5.82 Å². The van der Waals surface area contributed by atoms with Crippen molar-refractivity contribution in [2.24, 2.45) is 0 Å². The number of anilines is 1. The van der Waals surface area contributed by atoms with Crippen LogP contribution in [0.2, 0.25) is 0 Å². The van der Waals surface area contributed by atoms with Crippen molar-refractivity contribution >= 4 is 5.82 Å². The number of rotatable bonds is 6. The Balaban J connectivity index is 2.26. The Bertz CT molecular complexity index is 454. The van der Waals surface area contributed by atoms with E-state index in [1.807, 2.05) is 0 Å². The average molecular weight is 289 g/mol. The molecule has 1 saturated heterocycles. The highest BCUT2D eigenvalue weighted by Gasteiger charge is 2.24. The van der Waals surface area contributed by atoms with Crippen molar-refractivity contribution in [2.45, 2.75) is 78.4 Å². The van der Waals surface area contributed by atoms with Crippen LogP contribution in [-0.4, -0.2) is 23.6 Å². The standard InChI is InChI=1S/C18H31N3/c1-6-16-8-7-9-21(16)18-11-15(12-19-14(4)5)10-17(20-18)13(2)3/h10-11,13-14,16,19H,6-9,12H2,1-5H3. The van der Waals surface area contributed by atoms with E-state index in [-0.39, 0.29) is 0 Å². The van der Waals surface area contributed by atoms with Gasteiger partial charge in [-0.05, 0) is 42.9 Å². The van der Waals surface area contributed by atoms with Crippen molar-refractivity contribution in [3.63, 3.8) is 0 Å². The number of hydrogen-bond donors (Lipinski definition) is 1. The van der Waals surface area contributed by atoms with Gasteiger partial charge in [-0.15, -0.1) is 0 Å². The second-order valence-corrected chi connectivity index (χ2v) is 6.85. The molecule has 118 valence electrons. The first-order valence-corrected chi connectivity index (χ1v) is 8.52. The van der Waals surface area contributed by atoms with Crippen LogP contribution in [-0.2, 0) is 6.54 Å². The molecule has 3 heteroatoms. The van der Waals surface area contributed by atoms with Gasteiger partial charge in [0.1, 0.15) is 5.82 Å². The molecule has 0 bridgehead atoms. The molecule has 1 aliphatic heterocycles. The van der Waals surface area contributed by atoms with Gasteiger partial charge in [0.05, 0.1) is 0 Å². The van der Waals surface area contributed by atoms with E-state index in [0.29, 0.717) is 18.0 Å². The Morgan fingerprint density at radius 2 is 2.05 bits per heavy atom. The minimum atomic E-state index is 0.477. The lowest BCUT2D eigenvalue weighted by molar-refractivity contribution is 0.586. The summed E-state index contributed by atoms with van der Waals surface area (Å²) >= 11 is 0. The van der Waals surface area contributed by atoms with Crippen LogP contribution in [0.3, 0.4) is 0 Å². The quantitative estimate of drug-likeness (QED) is 0.855. The zero-order chi connectivity index (χ0) is 15.4. The summed E-state index contributed by atoms with van der Waals surface area (Å²) in [6, 6.07) is 5.74. The smallest absolute Gasteiger partial charge is 0.129 e. The summed E-state index contributed by atoms with van der Waals surface area (Å²) < 4.78 is 0. The number of nitrogens with one attached hydrogen (secondary N) is 1. The lowest BCUT2D eigenvalue weighted by Gasteiger charge is -2.26. The molecular weight excluding hydrogens is 258 g/mol. The fraction of sp³-hybridized carbons (Fsp3) is 0.722. The van der Waals surface area contributed by atoms with Gasteiger partial charge in [0.15, 0.2) is 0 Å². The van der Waals surface area contributed by atoms with Crippen molar-refractivity contribution in [1.29, 1.82) is 0 Å². The third-order valence-electron chi connectivity index (χ3n) is 4.34. The highest BCUT2D eigenvalue weighted by atomic mass is 15.2. The summed E-state index contributed by atoms with van der Waals surface area (Å²) in [7, 11) is 0. The van der Waals surface area contributed by atoms with Gasteiger partial charge in [0.2, 0.25) is 0 Å². The van der Waals surface area contributed by atoms with Crippen molar-refractivity contribution in [2.75, 3.05) is 11.4 Å². The van der Waals surface area contributed by atoms with E-state index in [4.69, 9.17) is 4.98 Å². The van der Waals surface area contributed by atoms with Crippen molar-refractivity contribution in [3.05, 3.63) is 23.4 Å². The first-order valence-electron chi connectivity index (χ1n) is 8.52. The molecule has 1 aromatic heterocycles. The zero-order valence-corrected chi connectivity index (χ0v) is 14.3. The third kappa shape index (κ3) is 4.19. The lowest BCUT2D eigenvalue weighted by atomic mass is 10.1. The Hall–Kier alpha value is -1.09. The summed E-state index contributed by atoms with van der Waals surface area (Å²) in [4.78, 5) is 7.46. The largest absolute Gasteiger partial charge is 0.354 e. The first kappa shape index (κ1) is 16.3.